The predicted octanol–water partition coefficient (Wildman–Crippen LogP) is 1.35. The third kappa shape index (κ3) is 2.18. The van der Waals surface area contributed by atoms with Crippen molar-refractivity contribution in [2.75, 3.05) is 0 Å². The van der Waals surface area contributed by atoms with Crippen LogP contribution in [0.15, 0.2) is 12.1 Å². The number of nitrogens with one attached hydrogen (secondary N) is 1. The van der Waals surface area contributed by atoms with Crippen LogP contribution >= 0.6 is 0 Å². The van der Waals surface area contributed by atoms with Gasteiger partial charge in [0, 0.05) is 18.3 Å². The lowest BCUT2D eigenvalue weighted by molar-refractivity contribution is 0.459. The van der Waals surface area contributed by atoms with Crippen molar-refractivity contribution in [3.05, 3.63) is 23.5 Å². The largest absolute Gasteiger partial charge is 0.506 e. The maximum absolute atomic E-state index is 9.47. The molecule has 13 heavy (non-hydrogen) atoms. The van der Waals surface area contributed by atoms with E-state index in [1.165, 1.54) is 12.8 Å². The summed E-state index contributed by atoms with van der Waals surface area (Å²) < 4.78 is 0. The van der Waals surface area contributed by atoms with Gasteiger partial charge in [0.2, 0.25) is 0 Å². The Kier molecular flexibility index (Phi) is 2.19. The molecule has 1 saturated carbocycles. The van der Waals surface area contributed by atoms with Crippen LogP contribution in [0.2, 0.25) is 0 Å². The minimum absolute atomic E-state index is 0.291. The van der Waals surface area contributed by atoms with Gasteiger partial charge in [-0.15, -0.1) is 0 Å². The second-order valence-electron chi connectivity index (χ2n) is 3.57. The van der Waals surface area contributed by atoms with Crippen molar-refractivity contribution in [1.82, 2.24) is 10.3 Å². The Hall–Kier alpha value is -1.09. The van der Waals surface area contributed by atoms with Crippen LogP contribution in [0.3, 0.4) is 0 Å². The van der Waals surface area contributed by atoms with Crippen LogP contribution in [0, 0.1) is 6.92 Å². The van der Waals surface area contributed by atoms with E-state index in [1.54, 1.807) is 6.07 Å². The van der Waals surface area contributed by atoms with Gasteiger partial charge in [0.25, 0.3) is 0 Å². The van der Waals surface area contributed by atoms with Gasteiger partial charge >= 0.3 is 0 Å². The van der Waals surface area contributed by atoms with Crippen LogP contribution < -0.4 is 5.32 Å². The van der Waals surface area contributed by atoms with Crippen molar-refractivity contribution in [3.63, 3.8) is 0 Å². The van der Waals surface area contributed by atoms with Crippen molar-refractivity contribution in [1.29, 1.82) is 0 Å². The van der Waals surface area contributed by atoms with Gasteiger partial charge in [-0.3, -0.25) is 4.98 Å². The third-order valence-electron chi connectivity index (χ3n) is 2.22. The minimum Gasteiger partial charge on any atom is -0.506 e. The van der Waals surface area contributed by atoms with E-state index in [0.29, 0.717) is 18.3 Å². The summed E-state index contributed by atoms with van der Waals surface area (Å²) in [6, 6.07) is 4.17. The number of aryl methyl sites for hydroxylation is 1. The predicted molar refractivity (Wildman–Crippen MR) is 50.5 cm³/mol. The van der Waals surface area contributed by atoms with Gasteiger partial charge in [-0.25, -0.2) is 0 Å². The van der Waals surface area contributed by atoms with Crippen LogP contribution in [-0.2, 0) is 6.54 Å². The fourth-order valence-corrected chi connectivity index (χ4v) is 1.26. The molecule has 2 rings (SSSR count). The first-order valence-electron chi connectivity index (χ1n) is 4.64. The van der Waals surface area contributed by atoms with Gasteiger partial charge in [0.1, 0.15) is 5.75 Å². The summed E-state index contributed by atoms with van der Waals surface area (Å²) in [4.78, 5) is 4.26. The SMILES string of the molecule is Cc1ccc(O)c(CNC2CC2)n1. The number of hydrogen-bond donors (Lipinski definition) is 2. The summed E-state index contributed by atoms with van der Waals surface area (Å²) in [5.74, 6) is 0.291. The topological polar surface area (TPSA) is 45.1 Å². The maximum Gasteiger partial charge on any atom is 0.138 e. The lowest BCUT2D eigenvalue weighted by Crippen LogP contribution is -2.16. The van der Waals surface area contributed by atoms with Gasteiger partial charge in [0.05, 0.1) is 5.69 Å². The van der Waals surface area contributed by atoms with Crippen LogP contribution in [0.5, 0.6) is 5.75 Å². The van der Waals surface area contributed by atoms with E-state index in [9.17, 15) is 5.11 Å². The van der Waals surface area contributed by atoms with Gasteiger partial charge < -0.3 is 10.4 Å². The molecule has 1 aromatic rings. The Morgan fingerprint density at radius 3 is 3.00 bits per heavy atom. The molecule has 0 unspecified atom stereocenters. The average Bonchev–Trinajstić information content (AvgIpc) is 2.90. The summed E-state index contributed by atoms with van der Waals surface area (Å²) in [5.41, 5.74) is 1.71. The van der Waals surface area contributed by atoms with Crippen molar-refractivity contribution < 1.29 is 5.11 Å². The Labute approximate surface area is 77.8 Å². The standard InChI is InChI=1S/C10H14N2O/c1-7-2-5-10(13)9(12-7)6-11-8-3-4-8/h2,5,8,11,13H,3-4,6H2,1H3. The Balaban J connectivity index is 2.03. The maximum atomic E-state index is 9.47. The number of hydrogen-bond acceptors (Lipinski definition) is 3. The van der Waals surface area contributed by atoms with Gasteiger partial charge in [-0.05, 0) is 31.9 Å². The molecule has 0 aromatic carbocycles. The number of aromatic nitrogens is 1. The highest BCUT2D eigenvalue weighted by atomic mass is 16.3. The zero-order valence-corrected chi connectivity index (χ0v) is 7.75. The smallest absolute Gasteiger partial charge is 0.138 e. The van der Waals surface area contributed by atoms with Gasteiger partial charge in [-0.1, -0.05) is 0 Å². The fraction of sp³-hybridized carbons (Fsp3) is 0.500. The molecule has 1 aromatic heterocycles. The first-order chi connectivity index (χ1) is 6.25. The van der Waals surface area contributed by atoms with E-state index in [0.717, 1.165) is 11.4 Å². The highest BCUT2D eigenvalue weighted by Gasteiger charge is 2.20. The number of aromatic hydroxyl groups is 1. The van der Waals surface area contributed by atoms with Crippen LogP contribution in [-0.4, -0.2) is 16.1 Å². The van der Waals surface area contributed by atoms with Crippen molar-refractivity contribution in [2.24, 2.45) is 0 Å². The van der Waals surface area contributed by atoms with Crippen LogP contribution in [0.25, 0.3) is 0 Å². The number of pyridine rings is 1. The van der Waals surface area contributed by atoms with Crippen molar-refractivity contribution >= 4 is 0 Å². The molecule has 3 nitrogen and oxygen atoms in total. The van der Waals surface area contributed by atoms with E-state index in [2.05, 4.69) is 10.3 Å². The molecule has 1 fully saturated rings. The van der Waals surface area contributed by atoms with Crippen molar-refractivity contribution in [2.45, 2.75) is 32.4 Å². The van der Waals surface area contributed by atoms with Gasteiger partial charge in [0.15, 0.2) is 0 Å². The molecule has 0 atom stereocenters. The lowest BCUT2D eigenvalue weighted by atomic mass is 10.3. The Morgan fingerprint density at radius 1 is 1.54 bits per heavy atom. The molecule has 0 amide bonds. The zero-order valence-electron chi connectivity index (χ0n) is 7.75. The molecule has 3 heteroatoms. The molecule has 70 valence electrons. The Bertz CT molecular complexity index is 308. The summed E-state index contributed by atoms with van der Waals surface area (Å²) in [5, 5.41) is 12.8. The molecule has 1 aliphatic rings. The highest BCUT2D eigenvalue weighted by molar-refractivity contribution is 5.27. The summed E-state index contributed by atoms with van der Waals surface area (Å²) >= 11 is 0. The number of nitrogens with zero attached hydrogens (tertiary/aromatic N) is 1. The quantitative estimate of drug-likeness (QED) is 0.734. The van der Waals surface area contributed by atoms with E-state index >= 15 is 0 Å². The summed E-state index contributed by atoms with van der Waals surface area (Å²) in [6.07, 6.45) is 2.51. The van der Waals surface area contributed by atoms with Crippen LogP contribution in [0.4, 0.5) is 0 Å². The van der Waals surface area contributed by atoms with E-state index in [-0.39, 0.29) is 0 Å². The first kappa shape index (κ1) is 8.51. The highest BCUT2D eigenvalue weighted by Crippen LogP contribution is 2.21. The average molecular weight is 178 g/mol. The normalized spacial score (nSPS) is 16.1. The first-order valence-corrected chi connectivity index (χ1v) is 4.64. The molecule has 1 aliphatic carbocycles. The Morgan fingerprint density at radius 2 is 2.31 bits per heavy atom. The fourth-order valence-electron chi connectivity index (χ4n) is 1.26. The van der Waals surface area contributed by atoms with Gasteiger partial charge in [-0.2, -0.15) is 0 Å². The summed E-state index contributed by atoms with van der Waals surface area (Å²) in [7, 11) is 0. The third-order valence-corrected chi connectivity index (χ3v) is 2.22. The molecule has 0 aliphatic heterocycles. The van der Waals surface area contributed by atoms with Crippen molar-refractivity contribution in [3.8, 4) is 5.75 Å². The molecule has 0 radical (unpaired) electrons. The molecule has 0 spiro atoms. The zero-order chi connectivity index (χ0) is 9.26. The minimum atomic E-state index is 0.291. The molecule has 0 saturated heterocycles. The molecule has 0 bridgehead atoms. The van der Waals surface area contributed by atoms with Crippen LogP contribution in [0.1, 0.15) is 24.2 Å². The summed E-state index contributed by atoms with van der Waals surface area (Å²) in [6.45, 7) is 2.61. The molecule has 1 heterocycles. The van der Waals surface area contributed by atoms with E-state index in [1.807, 2.05) is 13.0 Å². The molecular formula is C10H14N2O. The number of rotatable bonds is 3. The monoisotopic (exact) mass is 178 g/mol. The second-order valence-corrected chi connectivity index (χ2v) is 3.57. The molecular weight excluding hydrogens is 164 g/mol. The van der Waals surface area contributed by atoms with E-state index < -0.39 is 0 Å². The molecule has 2 N–H and O–H groups in total. The van der Waals surface area contributed by atoms with E-state index in [4.69, 9.17) is 0 Å². The second kappa shape index (κ2) is 3.34. The lowest BCUT2D eigenvalue weighted by Gasteiger charge is -2.05.